The molecule has 4 rings (SSSR count). The van der Waals surface area contributed by atoms with Crippen molar-refractivity contribution in [3.63, 3.8) is 0 Å². The number of hydrogen-bond acceptors (Lipinski definition) is 3. The van der Waals surface area contributed by atoms with Gasteiger partial charge in [0.25, 0.3) is 11.8 Å². The lowest BCUT2D eigenvalue weighted by molar-refractivity contribution is -0.120. The van der Waals surface area contributed by atoms with Crippen LogP contribution in [0.2, 0.25) is 0 Å². The Morgan fingerprint density at radius 1 is 0.889 bits per heavy atom. The maximum atomic E-state index is 13.4. The van der Waals surface area contributed by atoms with E-state index in [0.717, 1.165) is 37.1 Å². The van der Waals surface area contributed by atoms with Crippen LogP contribution in [0.25, 0.3) is 5.57 Å². The van der Waals surface area contributed by atoms with Gasteiger partial charge in [0.05, 0.1) is 11.3 Å². The zero-order valence-corrected chi connectivity index (χ0v) is 15.8. The first-order chi connectivity index (χ1) is 13.1. The second kappa shape index (κ2) is 7.03. The van der Waals surface area contributed by atoms with E-state index >= 15 is 0 Å². The minimum Gasteiger partial charge on any atom is -0.366 e. The van der Waals surface area contributed by atoms with E-state index in [4.69, 9.17) is 0 Å². The molecule has 1 saturated heterocycles. The third-order valence-corrected chi connectivity index (χ3v) is 5.48. The number of amides is 2. The molecule has 0 aromatic heterocycles. The van der Waals surface area contributed by atoms with E-state index in [-0.39, 0.29) is 11.8 Å². The van der Waals surface area contributed by atoms with Crippen LogP contribution < -0.4 is 4.90 Å². The van der Waals surface area contributed by atoms with E-state index in [1.54, 1.807) is 0 Å². The van der Waals surface area contributed by atoms with E-state index in [1.165, 1.54) is 4.90 Å². The van der Waals surface area contributed by atoms with Crippen LogP contribution in [0, 0.1) is 12.8 Å². The number of anilines is 1. The van der Waals surface area contributed by atoms with Gasteiger partial charge < -0.3 is 4.90 Å². The number of rotatable bonds is 3. The lowest BCUT2D eigenvalue weighted by Gasteiger charge is -2.32. The maximum absolute atomic E-state index is 13.4. The normalized spacial score (nSPS) is 18.6. The highest BCUT2D eigenvalue weighted by Crippen LogP contribution is 2.36. The van der Waals surface area contributed by atoms with Crippen molar-refractivity contribution in [1.82, 2.24) is 4.90 Å². The van der Waals surface area contributed by atoms with Gasteiger partial charge in [-0.25, -0.2) is 4.90 Å². The Balaban J connectivity index is 1.80. The zero-order valence-electron chi connectivity index (χ0n) is 15.8. The lowest BCUT2D eigenvalue weighted by Crippen LogP contribution is -2.38. The Hall–Kier alpha value is -2.88. The van der Waals surface area contributed by atoms with E-state index in [9.17, 15) is 9.59 Å². The van der Waals surface area contributed by atoms with Gasteiger partial charge in [-0.2, -0.15) is 0 Å². The van der Waals surface area contributed by atoms with Crippen LogP contribution >= 0.6 is 0 Å². The molecule has 2 aliphatic heterocycles. The van der Waals surface area contributed by atoms with E-state index in [2.05, 4.69) is 11.8 Å². The minimum absolute atomic E-state index is 0.209. The van der Waals surface area contributed by atoms with Gasteiger partial charge in [0.15, 0.2) is 0 Å². The van der Waals surface area contributed by atoms with Crippen molar-refractivity contribution in [2.75, 3.05) is 18.0 Å². The Bertz CT molecular complexity index is 909. The molecule has 2 aromatic rings. The molecule has 4 nitrogen and oxygen atoms in total. The predicted octanol–water partition coefficient (Wildman–Crippen LogP) is 4.01. The summed E-state index contributed by atoms with van der Waals surface area (Å²) in [5.41, 5.74) is 3.55. The Labute approximate surface area is 160 Å². The lowest BCUT2D eigenvalue weighted by atomic mass is 9.97. The molecular weight excluding hydrogens is 336 g/mol. The van der Waals surface area contributed by atoms with Crippen LogP contribution in [0.3, 0.4) is 0 Å². The molecule has 27 heavy (non-hydrogen) atoms. The van der Waals surface area contributed by atoms with E-state index < -0.39 is 0 Å². The molecule has 0 bridgehead atoms. The van der Waals surface area contributed by atoms with Gasteiger partial charge >= 0.3 is 0 Å². The summed E-state index contributed by atoms with van der Waals surface area (Å²) in [6.07, 6.45) is 2.08. The van der Waals surface area contributed by atoms with Gasteiger partial charge in [-0.05, 0) is 48.9 Å². The Morgan fingerprint density at radius 3 is 2.26 bits per heavy atom. The van der Waals surface area contributed by atoms with Crippen LogP contribution in [0.4, 0.5) is 5.69 Å². The van der Waals surface area contributed by atoms with Gasteiger partial charge in [0.1, 0.15) is 5.70 Å². The standard InChI is InChI=1S/C23H24N2O2/c1-16-11-13-24(14-12-16)21-20(18-8-4-3-5-9-18)22(26)25(23(21)27)19-10-6-7-17(2)15-19/h3-10,15-16H,11-14H2,1-2H3. The van der Waals surface area contributed by atoms with Crippen molar-refractivity contribution >= 4 is 23.1 Å². The molecule has 2 amide bonds. The highest BCUT2D eigenvalue weighted by molar-refractivity contribution is 6.45. The minimum atomic E-state index is -0.231. The highest BCUT2D eigenvalue weighted by atomic mass is 16.2. The largest absolute Gasteiger partial charge is 0.366 e. The van der Waals surface area contributed by atoms with Crippen molar-refractivity contribution in [2.24, 2.45) is 5.92 Å². The Kier molecular flexibility index (Phi) is 4.56. The maximum Gasteiger partial charge on any atom is 0.282 e. The molecule has 0 unspecified atom stereocenters. The van der Waals surface area contributed by atoms with E-state index in [0.29, 0.717) is 22.9 Å². The summed E-state index contributed by atoms with van der Waals surface area (Å²) in [6.45, 7) is 5.83. The summed E-state index contributed by atoms with van der Waals surface area (Å²) < 4.78 is 0. The highest BCUT2D eigenvalue weighted by Gasteiger charge is 2.42. The number of nitrogens with zero attached hydrogens (tertiary/aromatic N) is 2. The second-order valence-electron chi connectivity index (χ2n) is 7.54. The monoisotopic (exact) mass is 360 g/mol. The molecule has 0 saturated carbocycles. The fourth-order valence-corrected chi connectivity index (χ4v) is 3.91. The number of benzene rings is 2. The van der Waals surface area contributed by atoms with Crippen molar-refractivity contribution in [3.05, 3.63) is 71.4 Å². The topological polar surface area (TPSA) is 40.6 Å². The van der Waals surface area contributed by atoms with Gasteiger partial charge in [-0.1, -0.05) is 49.4 Å². The first-order valence-corrected chi connectivity index (χ1v) is 9.56. The van der Waals surface area contributed by atoms with Crippen molar-refractivity contribution in [3.8, 4) is 0 Å². The molecule has 1 fully saturated rings. The van der Waals surface area contributed by atoms with Crippen LogP contribution in [-0.4, -0.2) is 29.8 Å². The summed E-state index contributed by atoms with van der Waals surface area (Å²) in [4.78, 5) is 30.2. The number of likely N-dealkylation sites (tertiary alicyclic amines) is 1. The quantitative estimate of drug-likeness (QED) is 0.777. The average Bonchev–Trinajstić information content (AvgIpc) is 2.93. The Morgan fingerprint density at radius 2 is 1.59 bits per heavy atom. The first-order valence-electron chi connectivity index (χ1n) is 9.56. The fraction of sp³-hybridized carbons (Fsp3) is 0.304. The van der Waals surface area contributed by atoms with Crippen molar-refractivity contribution in [1.29, 1.82) is 0 Å². The second-order valence-corrected chi connectivity index (χ2v) is 7.54. The summed E-state index contributed by atoms with van der Waals surface area (Å²) in [6, 6.07) is 17.1. The summed E-state index contributed by atoms with van der Waals surface area (Å²) >= 11 is 0. The number of carbonyl (C=O) groups is 2. The predicted molar refractivity (Wildman–Crippen MR) is 107 cm³/mol. The summed E-state index contributed by atoms with van der Waals surface area (Å²) in [7, 11) is 0. The molecular formula is C23H24N2O2. The molecule has 4 heteroatoms. The number of piperidine rings is 1. The number of hydrogen-bond donors (Lipinski definition) is 0. The van der Waals surface area contributed by atoms with Crippen molar-refractivity contribution < 1.29 is 9.59 Å². The molecule has 0 spiro atoms. The molecule has 2 aromatic carbocycles. The smallest absolute Gasteiger partial charge is 0.282 e. The molecule has 0 atom stereocenters. The van der Waals surface area contributed by atoms with Crippen LogP contribution in [-0.2, 0) is 9.59 Å². The summed E-state index contributed by atoms with van der Waals surface area (Å²) in [5, 5.41) is 0. The van der Waals surface area contributed by atoms with Crippen molar-refractivity contribution in [2.45, 2.75) is 26.7 Å². The third kappa shape index (κ3) is 3.16. The number of aryl methyl sites for hydroxylation is 1. The fourth-order valence-electron chi connectivity index (χ4n) is 3.91. The first kappa shape index (κ1) is 17.5. The van der Waals surface area contributed by atoms with Gasteiger partial charge in [-0.15, -0.1) is 0 Å². The van der Waals surface area contributed by atoms with Gasteiger partial charge in [-0.3, -0.25) is 9.59 Å². The number of imide groups is 1. The van der Waals surface area contributed by atoms with Gasteiger partial charge in [0.2, 0.25) is 0 Å². The number of carbonyl (C=O) groups excluding carboxylic acids is 2. The SMILES string of the molecule is Cc1cccc(N2C(=O)C(c3ccccc3)=C(N3CCC(C)CC3)C2=O)c1. The molecule has 138 valence electrons. The molecule has 0 aliphatic carbocycles. The molecule has 0 N–H and O–H groups in total. The van der Waals surface area contributed by atoms with Crippen LogP contribution in [0.1, 0.15) is 30.9 Å². The average molecular weight is 360 g/mol. The summed E-state index contributed by atoms with van der Waals surface area (Å²) in [5.74, 6) is 0.214. The molecule has 2 heterocycles. The van der Waals surface area contributed by atoms with Crippen LogP contribution in [0.15, 0.2) is 60.3 Å². The van der Waals surface area contributed by atoms with E-state index in [1.807, 2.05) is 61.5 Å². The van der Waals surface area contributed by atoms with Crippen LogP contribution in [0.5, 0.6) is 0 Å². The van der Waals surface area contributed by atoms with Gasteiger partial charge in [0, 0.05) is 13.1 Å². The molecule has 0 radical (unpaired) electrons. The zero-order chi connectivity index (χ0) is 19.0. The molecule has 2 aliphatic rings. The third-order valence-electron chi connectivity index (χ3n) is 5.48.